The summed E-state index contributed by atoms with van der Waals surface area (Å²) in [6, 6.07) is 1.91. The Morgan fingerprint density at radius 3 is 2.50 bits per heavy atom. The fourth-order valence-electron chi connectivity index (χ4n) is 1.94. The van der Waals surface area contributed by atoms with E-state index in [1.54, 1.807) is 6.20 Å². The molecule has 0 N–H and O–H groups in total. The highest BCUT2D eigenvalue weighted by Crippen LogP contribution is 2.13. The number of rotatable bonds is 3. The van der Waals surface area contributed by atoms with Gasteiger partial charge in [-0.1, -0.05) is 0 Å². The summed E-state index contributed by atoms with van der Waals surface area (Å²) in [6.45, 7) is 9.62. The van der Waals surface area contributed by atoms with Gasteiger partial charge in [-0.2, -0.15) is 9.97 Å². The summed E-state index contributed by atoms with van der Waals surface area (Å²) in [4.78, 5) is 22.5. The van der Waals surface area contributed by atoms with Gasteiger partial charge in [0.2, 0.25) is 5.95 Å². The molecule has 2 rings (SSSR count). The Hall–Kier alpha value is -1.91. The summed E-state index contributed by atoms with van der Waals surface area (Å²) in [5.41, 5.74) is 2.56. The lowest BCUT2D eigenvalue weighted by atomic mass is 10.2. The Morgan fingerprint density at radius 2 is 1.89 bits per heavy atom. The summed E-state index contributed by atoms with van der Waals surface area (Å²) in [7, 11) is 0. The van der Waals surface area contributed by atoms with Crippen LogP contribution < -0.4 is 10.6 Å². The molecule has 5 nitrogen and oxygen atoms in total. The zero-order chi connectivity index (χ0) is 13.3. The van der Waals surface area contributed by atoms with Crippen LogP contribution in [0.5, 0.6) is 0 Å². The molecule has 0 saturated carbocycles. The number of aromatic nitrogens is 3. The van der Waals surface area contributed by atoms with E-state index in [9.17, 15) is 4.79 Å². The summed E-state index contributed by atoms with van der Waals surface area (Å²) in [5.74, 6) is 0.513. The maximum atomic E-state index is 12.0. The summed E-state index contributed by atoms with van der Waals surface area (Å²) >= 11 is 0. The summed E-state index contributed by atoms with van der Waals surface area (Å²) in [5, 5.41) is 0. The van der Waals surface area contributed by atoms with Crippen molar-refractivity contribution in [3.8, 4) is 0 Å². The topological polar surface area (TPSA) is 50.5 Å². The summed E-state index contributed by atoms with van der Waals surface area (Å²) < 4.78 is 1.50. The van der Waals surface area contributed by atoms with Gasteiger partial charge in [0.15, 0.2) is 0 Å². The maximum absolute atomic E-state index is 12.0. The molecule has 0 aliphatic carbocycles. The van der Waals surface area contributed by atoms with Gasteiger partial charge in [-0.3, -0.25) is 4.40 Å². The van der Waals surface area contributed by atoms with Gasteiger partial charge >= 0.3 is 5.69 Å². The SMILES string of the molecule is CCN(CC)c1nc(=O)n2ccc(C)c(C)c2n1. The Kier molecular flexibility index (Phi) is 3.32. The molecule has 18 heavy (non-hydrogen) atoms. The number of hydrogen-bond donors (Lipinski definition) is 0. The van der Waals surface area contributed by atoms with Gasteiger partial charge in [-0.05, 0) is 44.9 Å². The zero-order valence-corrected chi connectivity index (χ0v) is 11.3. The average molecular weight is 246 g/mol. The third-order valence-corrected chi connectivity index (χ3v) is 3.28. The number of anilines is 1. The highest BCUT2D eigenvalue weighted by molar-refractivity contribution is 5.52. The molecule has 0 radical (unpaired) electrons. The zero-order valence-electron chi connectivity index (χ0n) is 11.3. The predicted molar refractivity (Wildman–Crippen MR) is 72.3 cm³/mol. The summed E-state index contributed by atoms with van der Waals surface area (Å²) in [6.07, 6.45) is 1.73. The van der Waals surface area contributed by atoms with Crippen LogP contribution >= 0.6 is 0 Å². The molecule has 0 atom stereocenters. The molecule has 0 fully saturated rings. The average Bonchev–Trinajstić information content (AvgIpc) is 2.36. The number of nitrogens with zero attached hydrogens (tertiary/aromatic N) is 4. The van der Waals surface area contributed by atoms with Crippen molar-refractivity contribution >= 4 is 11.6 Å². The van der Waals surface area contributed by atoms with Gasteiger partial charge in [0, 0.05) is 19.3 Å². The fourth-order valence-corrected chi connectivity index (χ4v) is 1.94. The van der Waals surface area contributed by atoms with Crippen molar-refractivity contribution in [2.75, 3.05) is 18.0 Å². The number of aryl methyl sites for hydroxylation is 2. The first-order chi connectivity index (χ1) is 8.58. The van der Waals surface area contributed by atoms with Crippen molar-refractivity contribution in [3.63, 3.8) is 0 Å². The van der Waals surface area contributed by atoms with Gasteiger partial charge in [0.25, 0.3) is 0 Å². The highest BCUT2D eigenvalue weighted by Gasteiger charge is 2.11. The smallest absolute Gasteiger partial charge is 0.341 e. The first-order valence-electron chi connectivity index (χ1n) is 6.20. The Labute approximate surface area is 106 Å². The van der Waals surface area contributed by atoms with Crippen LogP contribution in [0.4, 0.5) is 5.95 Å². The minimum absolute atomic E-state index is 0.273. The molecule has 96 valence electrons. The Balaban J connectivity index is 2.74. The largest absolute Gasteiger partial charge is 0.356 e. The van der Waals surface area contributed by atoms with E-state index in [0.29, 0.717) is 11.6 Å². The first-order valence-corrected chi connectivity index (χ1v) is 6.20. The molecule has 0 amide bonds. The fraction of sp³-hybridized carbons (Fsp3) is 0.462. The van der Waals surface area contributed by atoms with Crippen molar-refractivity contribution in [3.05, 3.63) is 33.9 Å². The van der Waals surface area contributed by atoms with Crippen molar-refractivity contribution in [2.45, 2.75) is 27.7 Å². The van der Waals surface area contributed by atoms with Crippen LogP contribution in [0.3, 0.4) is 0 Å². The third-order valence-electron chi connectivity index (χ3n) is 3.28. The highest BCUT2D eigenvalue weighted by atomic mass is 16.1. The molecule has 2 aromatic heterocycles. The van der Waals surface area contributed by atoms with E-state index in [-0.39, 0.29) is 5.69 Å². The van der Waals surface area contributed by atoms with Crippen LogP contribution in [0.25, 0.3) is 5.65 Å². The predicted octanol–water partition coefficient (Wildman–Crippen LogP) is 1.55. The molecular formula is C13H18N4O. The lowest BCUT2D eigenvalue weighted by molar-refractivity contribution is 0.798. The minimum atomic E-state index is -0.273. The molecule has 0 unspecified atom stereocenters. The van der Waals surface area contributed by atoms with Crippen LogP contribution in [0.1, 0.15) is 25.0 Å². The van der Waals surface area contributed by atoms with Crippen LogP contribution in [0, 0.1) is 13.8 Å². The molecule has 0 aromatic carbocycles. The van der Waals surface area contributed by atoms with E-state index >= 15 is 0 Å². The van der Waals surface area contributed by atoms with Crippen LogP contribution in [-0.2, 0) is 0 Å². The molecule has 0 aliphatic heterocycles. The normalized spacial score (nSPS) is 10.9. The molecule has 2 aromatic rings. The van der Waals surface area contributed by atoms with Gasteiger partial charge in [0.1, 0.15) is 5.65 Å². The molecule has 0 aliphatic rings. The number of hydrogen-bond acceptors (Lipinski definition) is 4. The second kappa shape index (κ2) is 4.76. The third kappa shape index (κ3) is 1.96. The number of pyridine rings is 1. The van der Waals surface area contributed by atoms with Crippen molar-refractivity contribution in [1.82, 2.24) is 14.4 Å². The van der Waals surface area contributed by atoms with Crippen LogP contribution in [0.2, 0.25) is 0 Å². The quantitative estimate of drug-likeness (QED) is 0.824. The molecular weight excluding hydrogens is 228 g/mol. The molecule has 2 heterocycles. The van der Waals surface area contributed by atoms with Gasteiger partial charge in [-0.15, -0.1) is 0 Å². The first kappa shape index (κ1) is 12.5. The molecule has 0 saturated heterocycles. The van der Waals surface area contributed by atoms with Crippen molar-refractivity contribution < 1.29 is 0 Å². The standard InChI is InChI=1S/C13H18N4O/c1-5-16(6-2)12-14-11-10(4)9(3)7-8-17(11)13(18)15-12/h7-8H,5-6H2,1-4H3. The van der Waals surface area contributed by atoms with Gasteiger partial charge < -0.3 is 4.90 Å². The molecule has 0 spiro atoms. The van der Waals surface area contributed by atoms with E-state index in [4.69, 9.17) is 0 Å². The molecule has 5 heteroatoms. The van der Waals surface area contributed by atoms with Crippen molar-refractivity contribution in [1.29, 1.82) is 0 Å². The van der Waals surface area contributed by atoms with E-state index in [1.165, 1.54) is 4.40 Å². The number of fused-ring (bicyclic) bond motifs is 1. The van der Waals surface area contributed by atoms with E-state index in [2.05, 4.69) is 9.97 Å². The second-order valence-corrected chi connectivity index (χ2v) is 4.30. The second-order valence-electron chi connectivity index (χ2n) is 4.30. The van der Waals surface area contributed by atoms with E-state index in [0.717, 1.165) is 24.2 Å². The lowest BCUT2D eigenvalue weighted by Gasteiger charge is -2.18. The van der Waals surface area contributed by atoms with E-state index in [1.807, 2.05) is 38.7 Å². The monoisotopic (exact) mass is 246 g/mol. The van der Waals surface area contributed by atoms with E-state index < -0.39 is 0 Å². The maximum Gasteiger partial charge on any atom is 0.356 e. The van der Waals surface area contributed by atoms with Crippen LogP contribution in [0.15, 0.2) is 17.1 Å². The van der Waals surface area contributed by atoms with Crippen LogP contribution in [-0.4, -0.2) is 27.5 Å². The van der Waals surface area contributed by atoms with Gasteiger partial charge in [0.05, 0.1) is 0 Å². The van der Waals surface area contributed by atoms with Crippen molar-refractivity contribution in [2.24, 2.45) is 0 Å². The lowest BCUT2D eigenvalue weighted by Crippen LogP contribution is -2.29. The Morgan fingerprint density at radius 1 is 1.22 bits per heavy atom. The minimum Gasteiger partial charge on any atom is -0.341 e. The van der Waals surface area contributed by atoms with Gasteiger partial charge in [-0.25, -0.2) is 4.79 Å². The molecule has 0 bridgehead atoms. The Bertz CT molecular complexity index is 629.